The molecule has 0 saturated heterocycles. The van der Waals surface area contributed by atoms with Crippen LogP contribution in [0.5, 0.6) is 11.5 Å². The van der Waals surface area contributed by atoms with Gasteiger partial charge in [0.25, 0.3) is 0 Å². The molecule has 1 aromatic heterocycles. The lowest BCUT2D eigenvalue weighted by atomic mass is 10.2. The van der Waals surface area contributed by atoms with Gasteiger partial charge in [-0.1, -0.05) is 11.6 Å². The van der Waals surface area contributed by atoms with Crippen molar-refractivity contribution in [1.82, 2.24) is 9.78 Å². The van der Waals surface area contributed by atoms with E-state index in [-0.39, 0.29) is 5.75 Å². The number of benzene rings is 2. The molecular formula is C17H15ClN2O2. The van der Waals surface area contributed by atoms with Crippen LogP contribution in [0.4, 0.5) is 0 Å². The van der Waals surface area contributed by atoms with Gasteiger partial charge in [0.15, 0.2) is 0 Å². The zero-order valence-electron chi connectivity index (χ0n) is 11.9. The van der Waals surface area contributed by atoms with Crippen molar-refractivity contribution < 1.29 is 9.84 Å². The van der Waals surface area contributed by atoms with E-state index in [1.54, 1.807) is 28.9 Å². The van der Waals surface area contributed by atoms with E-state index in [4.69, 9.17) is 16.3 Å². The van der Waals surface area contributed by atoms with Gasteiger partial charge in [-0.2, -0.15) is 5.10 Å². The molecule has 0 aliphatic heterocycles. The molecule has 1 aliphatic carbocycles. The molecule has 4 nitrogen and oxygen atoms in total. The lowest BCUT2D eigenvalue weighted by Crippen LogP contribution is -1.99. The first kappa shape index (κ1) is 13.5. The highest BCUT2D eigenvalue weighted by Crippen LogP contribution is 2.35. The molecule has 22 heavy (non-hydrogen) atoms. The topological polar surface area (TPSA) is 47.3 Å². The molecule has 1 N–H and O–H groups in total. The molecule has 3 aromatic rings. The Kier molecular flexibility index (Phi) is 3.19. The van der Waals surface area contributed by atoms with E-state index in [0.717, 1.165) is 23.2 Å². The fourth-order valence-corrected chi connectivity index (χ4v) is 2.64. The van der Waals surface area contributed by atoms with Gasteiger partial charge in [0.05, 0.1) is 12.3 Å². The molecule has 0 radical (unpaired) electrons. The summed E-state index contributed by atoms with van der Waals surface area (Å²) in [6.45, 7) is 0.726. The van der Waals surface area contributed by atoms with Gasteiger partial charge < -0.3 is 9.84 Å². The molecular weight excluding hydrogens is 300 g/mol. The van der Waals surface area contributed by atoms with Crippen LogP contribution < -0.4 is 4.74 Å². The number of aromatic hydroxyl groups is 1. The molecule has 112 valence electrons. The Morgan fingerprint density at radius 2 is 1.95 bits per heavy atom. The maximum atomic E-state index is 9.37. The van der Waals surface area contributed by atoms with Crippen molar-refractivity contribution >= 4 is 22.5 Å². The number of aromatic nitrogens is 2. The van der Waals surface area contributed by atoms with Crippen LogP contribution in [-0.4, -0.2) is 21.5 Å². The largest absolute Gasteiger partial charge is 0.508 e. The van der Waals surface area contributed by atoms with Gasteiger partial charge in [-0.15, -0.1) is 0 Å². The molecule has 5 heteroatoms. The van der Waals surface area contributed by atoms with Gasteiger partial charge >= 0.3 is 0 Å². The van der Waals surface area contributed by atoms with Crippen LogP contribution in [0.15, 0.2) is 42.6 Å². The van der Waals surface area contributed by atoms with Gasteiger partial charge in [-0.25, -0.2) is 4.68 Å². The van der Waals surface area contributed by atoms with E-state index in [1.807, 2.05) is 18.3 Å². The van der Waals surface area contributed by atoms with Crippen LogP contribution in [-0.2, 0) is 0 Å². The highest BCUT2D eigenvalue weighted by Gasteiger charge is 2.22. The van der Waals surface area contributed by atoms with Crippen molar-refractivity contribution in [2.24, 2.45) is 5.92 Å². The Balaban J connectivity index is 1.70. The summed E-state index contributed by atoms with van der Waals surface area (Å²) in [6.07, 6.45) is 4.41. The Morgan fingerprint density at radius 1 is 1.18 bits per heavy atom. The zero-order valence-corrected chi connectivity index (χ0v) is 12.6. The molecule has 1 saturated carbocycles. The summed E-state index contributed by atoms with van der Waals surface area (Å²) in [5, 5.41) is 15.4. The van der Waals surface area contributed by atoms with Gasteiger partial charge in [-0.05, 0) is 55.2 Å². The summed E-state index contributed by atoms with van der Waals surface area (Å²) >= 11 is 6.43. The van der Waals surface area contributed by atoms with Crippen molar-refractivity contribution in [2.75, 3.05) is 6.61 Å². The number of hydrogen-bond acceptors (Lipinski definition) is 3. The van der Waals surface area contributed by atoms with E-state index in [1.165, 1.54) is 12.8 Å². The number of phenols is 1. The van der Waals surface area contributed by atoms with Crippen LogP contribution in [0.25, 0.3) is 16.6 Å². The van der Waals surface area contributed by atoms with Crippen molar-refractivity contribution in [1.29, 1.82) is 0 Å². The second-order valence-corrected chi connectivity index (χ2v) is 6.04. The Hall–Kier alpha value is -2.20. The van der Waals surface area contributed by atoms with Crippen LogP contribution >= 0.6 is 11.6 Å². The third-order valence-corrected chi connectivity index (χ3v) is 4.23. The third kappa shape index (κ3) is 2.50. The predicted octanol–water partition coefficient (Wildman–Crippen LogP) is 4.17. The van der Waals surface area contributed by atoms with E-state index in [0.29, 0.717) is 16.7 Å². The third-order valence-electron chi connectivity index (χ3n) is 3.87. The van der Waals surface area contributed by atoms with Gasteiger partial charge in [0.2, 0.25) is 0 Å². The minimum Gasteiger partial charge on any atom is -0.508 e. The number of fused-ring (bicyclic) bond motifs is 1. The summed E-state index contributed by atoms with van der Waals surface area (Å²) in [7, 11) is 0. The first-order valence-electron chi connectivity index (χ1n) is 7.31. The number of halogens is 1. The molecule has 0 unspecified atom stereocenters. The number of ether oxygens (including phenoxy) is 1. The van der Waals surface area contributed by atoms with Gasteiger partial charge in [0.1, 0.15) is 22.0 Å². The zero-order chi connectivity index (χ0) is 15.1. The van der Waals surface area contributed by atoms with E-state index in [9.17, 15) is 5.11 Å². The quantitative estimate of drug-likeness (QED) is 0.786. The summed E-state index contributed by atoms with van der Waals surface area (Å²) in [6, 6.07) is 10.7. The maximum Gasteiger partial charge on any atom is 0.140 e. The van der Waals surface area contributed by atoms with Crippen molar-refractivity contribution in [2.45, 2.75) is 12.8 Å². The SMILES string of the molecule is Oc1ccc(-n2cc3ccc(OCC4CC4)c(Cl)c3n2)cc1. The highest BCUT2D eigenvalue weighted by molar-refractivity contribution is 6.36. The average molecular weight is 315 g/mol. The summed E-state index contributed by atoms with van der Waals surface area (Å²) < 4.78 is 7.54. The summed E-state index contributed by atoms with van der Waals surface area (Å²) in [5.74, 6) is 1.60. The van der Waals surface area contributed by atoms with Crippen LogP contribution in [0, 0.1) is 5.92 Å². The number of nitrogens with zero attached hydrogens (tertiary/aromatic N) is 2. The molecule has 2 aromatic carbocycles. The molecule has 0 atom stereocenters. The minimum atomic E-state index is 0.231. The second-order valence-electron chi connectivity index (χ2n) is 5.66. The smallest absolute Gasteiger partial charge is 0.140 e. The van der Waals surface area contributed by atoms with E-state index < -0.39 is 0 Å². The predicted molar refractivity (Wildman–Crippen MR) is 86.0 cm³/mol. The standard InChI is InChI=1S/C17H15ClN2O2/c18-16-15(22-10-11-1-2-11)8-3-12-9-20(19-17(12)16)13-4-6-14(21)7-5-13/h3-9,11,21H,1-2,10H2. The molecule has 0 bridgehead atoms. The Bertz CT molecular complexity index is 823. The number of hydrogen-bond donors (Lipinski definition) is 1. The van der Waals surface area contributed by atoms with E-state index in [2.05, 4.69) is 5.10 Å². The Morgan fingerprint density at radius 3 is 2.68 bits per heavy atom. The van der Waals surface area contributed by atoms with Crippen LogP contribution in [0.1, 0.15) is 12.8 Å². The maximum absolute atomic E-state index is 9.37. The van der Waals surface area contributed by atoms with E-state index >= 15 is 0 Å². The van der Waals surface area contributed by atoms with Gasteiger partial charge in [0, 0.05) is 11.6 Å². The second kappa shape index (κ2) is 5.21. The normalized spacial score (nSPS) is 14.4. The lowest BCUT2D eigenvalue weighted by molar-refractivity contribution is 0.300. The van der Waals surface area contributed by atoms with Crippen LogP contribution in [0.2, 0.25) is 5.02 Å². The van der Waals surface area contributed by atoms with Crippen molar-refractivity contribution in [3.63, 3.8) is 0 Å². The lowest BCUT2D eigenvalue weighted by Gasteiger charge is -2.06. The van der Waals surface area contributed by atoms with Crippen molar-refractivity contribution in [3.8, 4) is 17.2 Å². The fraction of sp³-hybridized carbons (Fsp3) is 0.235. The van der Waals surface area contributed by atoms with Crippen molar-refractivity contribution in [3.05, 3.63) is 47.6 Å². The highest BCUT2D eigenvalue weighted by atomic mass is 35.5. The molecule has 1 aliphatic rings. The minimum absolute atomic E-state index is 0.231. The fourth-order valence-electron chi connectivity index (χ4n) is 2.38. The molecule has 0 amide bonds. The van der Waals surface area contributed by atoms with Gasteiger partial charge in [-0.3, -0.25) is 0 Å². The molecule has 1 fully saturated rings. The molecule has 4 rings (SSSR count). The number of phenolic OH excluding ortho intramolecular Hbond substituents is 1. The summed E-state index contributed by atoms with van der Waals surface area (Å²) in [5.41, 5.74) is 1.59. The number of rotatable bonds is 4. The molecule has 1 heterocycles. The van der Waals surface area contributed by atoms with Crippen LogP contribution in [0.3, 0.4) is 0 Å². The Labute approximate surface area is 132 Å². The first-order chi connectivity index (χ1) is 10.7. The average Bonchev–Trinajstić information content (AvgIpc) is 3.24. The first-order valence-corrected chi connectivity index (χ1v) is 7.68. The monoisotopic (exact) mass is 314 g/mol. The summed E-state index contributed by atoms with van der Waals surface area (Å²) in [4.78, 5) is 0. The molecule has 0 spiro atoms.